The molecule has 1 aliphatic rings. The van der Waals surface area contributed by atoms with E-state index < -0.39 is 10.0 Å². The number of amides is 1. The largest absolute Gasteiger partial charge is 0.342 e. The van der Waals surface area contributed by atoms with Crippen LogP contribution in [0.1, 0.15) is 22.7 Å². The van der Waals surface area contributed by atoms with Crippen LogP contribution in [0.3, 0.4) is 0 Å². The first-order valence-electron chi connectivity index (χ1n) is 11.2. The minimum Gasteiger partial charge on any atom is -0.342 e. The van der Waals surface area contributed by atoms with Crippen molar-refractivity contribution in [2.24, 2.45) is 0 Å². The Bertz CT molecular complexity index is 1070. The second-order valence-corrected chi connectivity index (χ2v) is 10.2. The molecule has 2 heterocycles. The van der Waals surface area contributed by atoms with E-state index in [9.17, 15) is 13.2 Å². The van der Waals surface area contributed by atoms with Gasteiger partial charge in [0.05, 0.1) is 12.3 Å². The maximum Gasteiger partial charge on any atom is 0.209 e. The fraction of sp³-hybridized carbons (Fsp3) is 0.308. The minimum absolute atomic E-state index is 0.00689. The molecule has 7 nitrogen and oxygen atoms in total. The Balaban J connectivity index is 0.000000396. The van der Waals surface area contributed by atoms with Gasteiger partial charge in [-0.05, 0) is 29.7 Å². The number of nitrogens with zero attached hydrogens (tertiary/aromatic N) is 3. The standard InChI is InChI=1S/C20H25N3O3S.C6H7N/c1-27(25,26)21-14-19-15-22(16-24)12-13-23(19)20(17-8-4-2-5-9-17)18-10-6-3-7-11-18;1-6-3-2-4-7-5-6/h2-11,16,19-21H,12-15H2,1H3;2-5H,1H3. The molecule has 1 saturated heterocycles. The third kappa shape index (κ3) is 7.76. The van der Waals surface area contributed by atoms with Crippen LogP contribution in [0.2, 0.25) is 0 Å². The number of rotatable bonds is 7. The highest BCUT2D eigenvalue weighted by Crippen LogP contribution is 2.31. The Kier molecular flexibility index (Phi) is 9.33. The fourth-order valence-corrected chi connectivity index (χ4v) is 4.55. The van der Waals surface area contributed by atoms with Crippen LogP contribution in [0.15, 0.2) is 85.2 Å². The number of carbonyl (C=O) groups is 1. The van der Waals surface area contributed by atoms with E-state index in [-0.39, 0.29) is 18.6 Å². The molecule has 1 amide bonds. The van der Waals surface area contributed by atoms with Crippen molar-refractivity contribution >= 4 is 16.4 Å². The van der Waals surface area contributed by atoms with Crippen LogP contribution in [0, 0.1) is 6.92 Å². The van der Waals surface area contributed by atoms with Crippen LogP contribution in [0.5, 0.6) is 0 Å². The van der Waals surface area contributed by atoms with Gasteiger partial charge in [0.1, 0.15) is 0 Å². The Hall–Kier alpha value is -3.07. The van der Waals surface area contributed by atoms with Gasteiger partial charge in [-0.3, -0.25) is 14.7 Å². The highest BCUT2D eigenvalue weighted by Gasteiger charge is 2.33. The molecule has 180 valence electrons. The van der Waals surface area contributed by atoms with Crippen molar-refractivity contribution in [1.82, 2.24) is 19.5 Å². The number of aryl methyl sites for hydroxylation is 1. The van der Waals surface area contributed by atoms with Crippen molar-refractivity contribution in [3.8, 4) is 0 Å². The minimum atomic E-state index is -3.31. The van der Waals surface area contributed by atoms with E-state index in [0.29, 0.717) is 19.6 Å². The number of pyridine rings is 1. The van der Waals surface area contributed by atoms with Crippen LogP contribution < -0.4 is 4.72 Å². The predicted octanol–water partition coefficient (Wildman–Crippen LogP) is 2.86. The average Bonchev–Trinajstić information content (AvgIpc) is 2.85. The van der Waals surface area contributed by atoms with E-state index in [1.54, 1.807) is 11.1 Å². The molecule has 0 aliphatic carbocycles. The number of piperazine rings is 1. The molecular weight excluding hydrogens is 448 g/mol. The summed E-state index contributed by atoms with van der Waals surface area (Å²) < 4.78 is 25.9. The summed E-state index contributed by atoms with van der Waals surface area (Å²) in [7, 11) is -3.31. The number of hydrogen-bond acceptors (Lipinski definition) is 5. The molecule has 1 fully saturated rings. The summed E-state index contributed by atoms with van der Waals surface area (Å²) in [4.78, 5) is 19.2. The summed E-state index contributed by atoms with van der Waals surface area (Å²) in [5.74, 6) is 0. The van der Waals surface area contributed by atoms with E-state index in [1.807, 2.05) is 61.7 Å². The van der Waals surface area contributed by atoms with Gasteiger partial charge in [0.2, 0.25) is 16.4 Å². The predicted molar refractivity (Wildman–Crippen MR) is 135 cm³/mol. The van der Waals surface area contributed by atoms with Crippen LogP contribution in [-0.4, -0.2) is 68.1 Å². The molecule has 4 rings (SSSR count). The lowest BCUT2D eigenvalue weighted by molar-refractivity contribution is -0.121. The lowest BCUT2D eigenvalue weighted by atomic mass is 9.94. The Labute approximate surface area is 202 Å². The molecule has 3 aromatic rings. The number of hydrogen-bond donors (Lipinski definition) is 1. The number of aromatic nitrogens is 1. The molecule has 0 bridgehead atoms. The van der Waals surface area contributed by atoms with Crippen LogP contribution >= 0.6 is 0 Å². The van der Waals surface area contributed by atoms with E-state index in [4.69, 9.17) is 0 Å². The molecule has 0 spiro atoms. The summed E-state index contributed by atoms with van der Waals surface area (Å²) in [6, 6.07) is 24.2. The number of carbonyl (C=O) groups excluding carboxylic acids is 1. The zero-order chi connectivity index (χ0) is 24.4. The first-order valence-corrected chi connectivity index (χ1v) is 13.1. The van der Waals surface area contributed by atoms with Gasteiger partial charge in [-0.25, -0.2) is 13.1 Å². The lowest BCUT2D eigenvalue weighted by Gasteiger charge is -2.44. The lowest BCUT2D eigenvalue weighted by Crippen LogP contribution is -2.57. The first-order chi connectivity index (χ1) is 16.4. The third-order valence-corrected chi connectivity index (χ3v) is 6.35. The van der Waals surface area contributed by atoms with Crippen LogP contribution in [0.25, 0.3) is 0 Å². The molecule has 1 unspecified atom stereocenters. The Morgan fingerprint density at radius 1 is 1.00 bits per heavy atom. The van der Waals surface area contributed by atoms with Gasteiger partial charge < -0.3 is 4.90 Å². The maximum absolute atomic E-state index is 11.6. The normalized spacial score (nSPS) is 16.6. The SMILES string of the molecule is CS(=O)(=O)NCC1CN(C=O)CCN1C(c1ccccc1)c1ccccc1.Cc1cccnc1. The van der Waals surface area contributed by atoms with Crippen molar-refractivity contribution in [2.45, 2.75) is 19.0 Å². The van der Waals surface area contributed by atoms with Crippen molar-refractivity contribution < 1.29 is 13.2 Å². The first kappa shape index (κ1) is 25.6. The smallest absolute Gasteiger partial charge is 0.209 e. The number of sulfonamides is 1. The van der Waals surface area contributed by atoms with E-state index in [2.05, 4.69) is 38.9 Å². The van der Waals surface area contributed by atoms with Crippen molar-refractivity contribution in [1.29, 1.82) is 0 Å². The van der Waals surface area contributed by atoms with E-state index >= 15 is 0 Å². The zero-order valence-electron chi connectivity index (χ0n) is 19.6. The molecule has 1 atom stereocenters. The number of nitrogens with one attached hydrogen (secondary N) is 1. The van der Waals surface area contributed by atoms with Crippen molar-refractivity contribution in [2.75, 3.05) is 32.4 Å². The van der Waals surface area contributed by atoms with Crippen molar-refractivity contribution in [3.05, 3.63) is 102 Å². The summed E-state index contributed by atoms with van der Waals surface area (Å²) in [5.41, 5.74) is 3.50. The average molecular weight is 481 g/mol. The molecule has 0 saturated carbocycles. The molecule has 0 radical (unpaired) electrons. The summed E-state index contributed by atoms with van der Waals surface area (Å²) in [6.07, 6.45) is 5.60. The molecular formula is C26H32N4O3S. The summed E-state index contributed by atoms with van der Waals surface area (Å²) in [6.45, 7) is 4.06. The summed E-state index contributed by atoms with van der Waals surface area (Å²) >= 11 is 0. The van der Waals surface area contributed by atoms with Gasteiger partial charge in [-0.1, -0.05) is 66.7 Å². The van der Waals surface area contributed by atoms with Gasteiger partial charge in [-0.2, -0.15) is 0 Å². The van der Waals surface area contributed by atoms with Gasteiger partial charge in [-0.15, -0.1) is 0 Å². The second kappa shape index (κ2) is 12.4. The Morgan fingerprint density at radius 3 is 2.06 bits per heavy atom. The van der Waals surface area contributed by atoms with Crippen LogP contribution in [-0.2, 0) is 14.8 Å². The molecule has 1 aliphatic heterocycles. The maximum atomic E-state index is 11.6. The highest BCUT2D eigenvalue weighted by molar-refractivity contribution is 7.88. The molecule has 1 aromatic heterocycles. The van der Waals surface area contributed by atoms with E-state index in [0.717, 1.165) is 23.8 Å². The van der Waals surface area contributed by atoms with Gasteiger partial charge in [0.25, 0.3) is 0 Å². The van der Waals surface area contributed by atoms with Gasteiger partial charge in [0, 0.05) is 44.6 Å². The molecule has 34 heavy (non-hydrogen) atoms. The topological polar surface area (TPSA) is 82.6 Å². The quantitative estimate of drug-likeness (QED) is 0.526. The molecule has 8 heteroatoms. The Morgan fingerprint density at radius 2 is 1.62 bits per heavy atom. The van der Waals surface area contributed by atoms with Gasteiger partial charge >= 0.3 is 0 Å². The molecule has 1 N–H and O–H groups in total. The van der Waals surface area contributed by atoms with Crippen molar-refractivity contribution in [3.63, 3.8) is 0 Å². The summed E-state index contributed by atoms with van der Waals surface area (Å²) in [5, 5.41) is 0. The second-order valence-electron chi connectivity index (χ2n) is 8.37. The van der Waals surface area contributed by atoms with E-state index in [1.165, 1.54) is 5.56 Å². The molecule has 2 aromatic carbocycles. The number of benzene rings is 2. The zero-order valence-corrected chi connectivity index (χ0v) is 20.4. The van der Waals surface area contributed by atoms with Crippen LogP contribution in [0.4, 0.5) is 0 Å². The third-order valence-electron chi connectivity index (χ3n) is 5.66. The highest BCUT2D eigenvalue weighted by atomic mass is 32.2. The fourth-order valence-electron chi connectivity index (χ4n) is 4.05. The van der Waals surface area contributed by atoms with Gasteiger partial charge in [0.15, 0.2) is 0 Å². The monoisotopic (exact) mass is 480 g/mol.